The molecule has 2 N–H and O–H groups in total. The molecule has 3 heterocycles. The average molecular weight is 474 g/mol. The molecule has 3 rings (SSSR count). The number of rotatable bonds is 7. The zero-order valence-electron chi connectivity index (χ0n) is 15.3. The number of nitrogens with zero attached hydrogens (tertiary/aromatic N) is 4. The zero-order valence-corrected chi connectivity index (χ0v) is 17.6. The molecule has 0 spiro atoms. The van der Waals surface area contributed by atoms with Gasteiger partial charge in [-0.05, 0) is 45.0 Å². The van der Waals surface area contributed by atoms with E-state index >= 15 is 0 Å². The number of hydrogen-bond donors (Lipinski definition) is 2. The lowest BCUT2D eigenvalue weighted by molar-refractivity contribution is 0.215. The van der Waals surface area contributed by atoms with Gasteiger partial charge in [-0.2, -0.15) is 4.98 Å². The van der Waals surface area contributed by atoms with E-state index in [-0.39, 0.29) is 30.0 Å². The summed E-state index contributed by atoms with van der Waals surface area (Å²) in [5, 5.41) is 10.5. The van der Waals surface area contributed by atoms with Crippen molar-refractivity contribution in [2.45, 2.75) is 32.2 Å². The third-order valence-corrected chi connectivity index (χ3v) is 4.34. The lowest BCUT2D eigenvalue weighted by Gasteiger charge is -2.26. The van der Waals surface area contributed by atoms with Crippen LogP contribution in [0, 0.1) is 6.92 Å². The van der Waals surface area contributed by atoms with Crippen LogP contribution in [0.25, 0.3) is 0 Å². The number of aromatic nitrogens is 2. The van der Waals surface area contributed by atoms with E-state index in [4.69, 9.17) is 8.94 Å². The molecule has 1 fully saturated rings. The fourth-order valence-electron chi connectivity index (χ4n) is 3.09. The van der Waals surface area contributed by atoms with Crippen molar-refractivity contribution in [2.75, 3.05) is 33.2 Å². The number of halogens is 1. The molecule has 1 saturated heterocycles. The fraction of sp³-hybridized carbons (Fsp3) is 0.588. The number of aryl methyl sites for hydroxylation is 1. The lowest BCUT2D eigenvalue weighted by Crippen LogP contribution is -2.43. The molecule has 26 heavy (non-hydrogen) atoms. The van der Waals surface area contributed by atoms with Gasteiger partial charge in [-0.15, -0.1) is 24.0 Å². The zero-order chi connectivity index (χ0) is 17.5. The van der Waals surface area contributed by atoms with Crippen molar-refractivity contribution in [3.05, 3.63) is 35.9 Å². The molecule has 2 aromatic rings. The summed E-state index contributed by atoms with van der Waals surface area (Å²) in [6, 6.07) is 4.20. The summed E-state index contributed by atoms with van der Waals surface area (Å²) in [7, 11) is 1.77. The minimum Gasteiger partial charge on any atom is -0.468 e. The van der Waals surface area contributed by atoms with E-state index in [1.165, 1.54) is 12.8 Å². The van der Waals surface area contributed by atoms with Crippen molar-refractivity contribution in [1.82, 2.24) is 25.7 Å². The maximum absolute atomic E-state index is 5.65. The number of furan rings is 1. The van der Waals surface area contributed by atoms with Gasteiger partial charge in [-0.1, -0.05) is 5.16 Å². The monoisotopic (exact) mass is 474 g/mol. The topological polar surface area (TPSA) is 91.7 Å². The molecule has 0 aliphatic carbocycles. The predicted molar refractivity (Wildman–Crippen MR) is 110 cm³/mol. The van der Waals surface area contributed by atoms with Crippen LogP contribution in [0.1, 0.15) is 36.4 Å². The van der Waals surface area contributed by atoms with Gasteiger partial charge in [0, 0.05) is 26.6 Å². The van der Waals surface area contributed by atoms with Crippen molar-refractivity contribution in [2.24, 2.45) is 4.99 Å². The first kappa shape index (κ1) is 20.7. The van der Waals surface area contributed by atoms with Crippen molar-refractivity contribution < 1.29 is 8.94 Å². The molecular formula is C17H27IN6O2. The Kier molecular flexibility index (Phi) is 8.36. The largest absolute Gasteiger partial charge is 0.468 e. The first-order chi connectivity index (χ1) is 12.3. The van der Waals surface area contributed by atoms with Gasteiger partial charge >= 0.3 is 0 Å². The molecule has 1 unspecified atom stereocenters. The molecule has 8 nitrogen and oxygen atoms in total. The predicted octanol–water partition coefficient (Wildman–Crippen LogP) is 2.13. The van der Waals surface area contributed by atoms with E-state index in [0.29, 0.717) is 24.7 Å². The molecule has 0 amide bonds. The number of guanidine groups is 1. The first-order valence-corrected chi connectivity index (χ1v) is 8.77. The van der Waals surface area contributed by atoms with Gasteiger partial charge in [0.25, 0.3) is 0 Å². The third-order valence-electron chi connectivity index (χ3n) is 4.34. The van der Waals surface area contributed by atoms with Gasteiger partial charge in [-0.25, -0.2) is 0 Å². The van der Waals surface area contributed by atoms with Crippen molar-refractivity contribution in [1.29, 1.82) is 0 Å². The molecule has 0 bridgehead atoms. The van der Waals surface area contributed by atoms with Crippen LogP contribution < -0.4 is 10.6 Å². The number of aliphatic imine (C=N–C) groups is 1. The third kappa shape index (κ3) is 5.70. The van der Waals surface area contributed by atoms with Gasteiger partial charge in [0.2, 0.25) is 5.89 Å². The Bertz CT molecular complexity index is 667. The normalized spacial score (nSPS) is 16.3. The molecule has 0 radical (unpaired) electrons. The van der Waals surface area contributed by atoms with Crippen LogP contribution in [0.5, 0.6) is 0 Å². The Labute approximate surface area is 170 Å². The molecular weight excluding hydrogens is 447 g/mol. The highest BCUT2D eigenvalue weighted by Crippen LogP contribution is 2.24. The molecule has 2 aromatic heterocycles. The van der Waals surface area contributed by atoms with Gasteiger partial charge in [0.15, 0.2) is 11.8 Å². The number of hydrogen-bond acceptors (Lipinski definition) is 6. The summed E-state index contributed by atoms with van der Waals surface area (Å²) in [5.41, 5.74) is 0. The summed E-state index contributed by atoms with van der Waals surface area (Å²) in [6.07, 6.45) is 4.88. The molecule has 0 saturated carbocycles. The van der Waals surface area contributed by atoms with Gasteiger partial charge in [0.1, 0.15) is 5.76 Å². The van der Waals surface area contributed by atoms with E-state index in [2.05, 4.69) is 30.7 Å². The van der Waals surface area contributed by atoms with Crippen LogP contribution in [-0.4, -0.2) is 54.2 Å². The van der Waals surface area contributed by atoms with Crippen LogP contribution >= 0.6 is 24.0 Å². The van der Waals surface area contributed by atoms with Gasteiger partial charge in [-0.3, -0.25) is 9.89 Å². The van der Waals surface area contributed by atoms with E-state index in [1.54, 1.807) is 13.3 Å². The Hall–Kier alpha value is -1.62. The van der Waals surface area contributed by atoms with Crippen molar-refractivity contribution in [3.8, 4) is 0 Å². The molecule has 1 aliphatic rings. The SMILES string of the molecule is CN=C(NCCc1nc(C)no1)NCC(c1ccco1)N1CCCC1.I. The summed E-state index contributed by atoms with van der Waals surface area (Å²) >= 11 is 0. The van der Waals surface area contributed by atoms with E-state index in [0.717, 1.165) is 31.4 Å². The highest BCUT2D eigenvalue weighted by molar-refractivity contribution is 14.0. The standard InChI is InChI=1S/C17H26N6O2.HI/c1-13-21-16(25-22-13)7-8-19-17(18-2)20-12-14(15-6-5-11-24-15)23-9-3-4-10-23;/h5-6,11,14H,3-4,7-10,12H2,1-2H3,(H2,18,19,20);1H. The van der Waals surface area contributed by atoms with Gasteiger partial charge < -0.3 is 19.6 Å². The van der Waals surface area contributed by atoms with E-state index in [1.807, 2.05) is 19.1 Å². The maximum Gasteiger partial charge on any atom is 0.228 e. The van der Waals surface area contributed by atoms with Crippen LogP contribution in [0.4, 0.5) is 0 Å². The molecule has 0 aromatic carbocycles. The van der Waals surface area contributed by atoms with Crippen LogP contribution in [0.3, 0.4) is 0 Å². The Morgan fingerprint density at radius 3 is 2.77 bits per heavy atom. The second-order valence-electron chi connectivity index (χ2n) is 6.14. The molecule has 9 heteroatoms. The summed E-state index contributed by atoms with van der Waals surface area (Å²) in [4.78, 5) is 10.9. The highest BCUT2D eigenvalue weighted by Gasteiger charge is 2.25. The summed E-state index contributed by atoms with van der Waals surface area (Å²) in [5.74, 6) is 3.04. The van der Waals surface area contributed by atoms with Crippen LogP contribution in [0.15, 0.2) is 32.3 Å². The van der Waals surface area contributed by atoms with Gasteiger partial charge in [0.05, 0.1) is 12.3 Å². The van der Waals surface area contributed by atoms with Crippen molar-refractivity contribution in [3.63, 3.8) is 0 Å². The second kappa shape index (κ2) is 10.5. The lowest BCUT2D eigenvalue weighted by atomic mass is 10.2. The number of likely N-dealkylation sites (tertiary alicyclic amines) is 1. The fourth-order valence-corrected chi connectivity index (χ4v) is 3.09. The molecule has 144 valence electrons. The van der Waals surface area contributed by atoms with E-state index in [9.17, 15) is 0 Å². The summed E-state index contributed by atoms with van der Waals surface area (Å²) in [6.45, 7) is 5.45. The van der Waals surface area contributed by atoms with Crippen LogP contribution in [-0.2, 0) is 6.42 Å². The first-order valence-electron chi connectivity index (χ1n) is 8.77. The Morgan fingerprint density at radius 1 is 1.35 bits per heavy atom. The molecule has 1 aliphatic heterocycles. The Balaban J connectivity index is 0.00000243. The van der Waals surface area contributed by atoms with E-state index < -0.39 is 0 Å². The van der Waals surface area contributed by atoms with Crippen LogP contribution in [0.2, 0.25) is 0 Å². The quantitative estimate of drug-likeness (QED) is 0.361. The minimum atomic E-state index is 0. The Morgan fingerprint density at radius 2 is 2.15 bits per heavy atom. The average Bonchev–Trinajstić information content (AvgIpc) is 3.37. The maximum atomic E-state index is 5.65. The van der Waals surface area contributed by atoms with Crippen molar-refractivity contribution >= 4 is 29.9 Å². The summed E-state index contributed by atoms with van der Waals surface area (Å²) < 4.78 is 10.8. The number of nitrogens with one attached hydrogen (secondary N) is 2. The smallest absolute Gasteiger partial charge is 0.228 e. The molecule has 1 atom stereocenters. The second-order valence-corrected chi connectivity index (χ2v) is 6.14. The minimum absolute atomic E-state index is 0. The highest BCUT2D eigenvalue weighted by atomic mass is 127.